The Hall–Kier alpha value is -2.87. The van der Waals surface area contributed by atoms with Crippen molar-refractivity contribution in [1.82, 2.24) is 4.90 Å². The Kier molecular flexibility index (Phi) is 7.02. The molecule has 5 nitrogen and oxygen atoms in total. The molecule has 0 unspecified atom stereocenters. The van der Waals surface area contributed by atoms with Crippen molar-refractivity contribution in [1.29, 1.82) is 0 Å². The molecule has 0 spiro atoms. The number of hydrogen-bond donors (Lipinski definition) is 2. The lowest BCUT2D eigenvalue weighted by Gasteiger charge is -2.23. The van der Waals surface area contributed by atoms with Crippen LogP contribution >= 0.6 is 0 Å². The van der Waals surface area contributed by atoms with Crippen molar-refractivity contribution in [3.8, 4) is 0 Å². The standard InChI is InChI=1S/C21H24F3N3O2/c1-13-6-5-7-18(14(13)2)26-19(28)12-27(4)15(3)20(29)25-17-10-8-16(9-11-17)21(22,23)24/h5-11,15H,12H2,1-4H3,(H,25,29)(H,26,28)/t15-/m1/s1. The number of likely N-dealkylation sites (N-methyl/N-ethyl adjacent to an activating group) is 1. The summed E-state index contributed by atoms with van der Waals surface area (Å²) in [5.41, 5.74) is 2.20. The normalized spacial score (nSPS) is 12.6. The second-order valence-electron chi connectivity index (χ2n) is 6.95. The minimum absolute atomic E-state index is 0.0189. The van der Waals surface area contributed by atoms with Gasteiger partial charge in [0, 0.05) is 11.4 Å². The minimum Gasteiger partial charge on any atom is -0.325 e. The highest BCUT2D eigenvalue weighted by Crippen LogP contribution is 2.29. The lowest BCUT2D eigenvalue weighted by atomic mass is 10.1. The zero-order valence-electron chi connectivity index (χ0n) is 16.7. The molecule has 2 N–H and O–H groups in total. The summed E-state index contributed by atoms with van der Waals surface area (Å²) in [5, 5.41) is 5.39. The van der Waals surface area contributed by atoms with Crippen LogP contribution in [0.2, 0.25) is 0 Å². The van der Waals surface area contributed by atoms with Gasteiger partial charge in [0.1, 0.15) is 0 Å². The maximum Gasteiger partial charge on any atom is 0.416 e. The van der Waals surface area contributed by atoms with E-state index in [0.29, 0.717) is 5.69 Å². The molecule has 156 valence electrons. The zero-order valence-corrected chi connectivity index (χ0v) is 16.7. The molecule has 0 radical (unpaired) electrons. The van der Waals surface area contributed by atoms with Crippen molar-refractivity contribution in [2.75, 3.05) is 24.2 Å². The average Bonchev–Trinajstić information content (AvgIpc) is 2.64. The summed E-state index contributed by atoms with van der Waals surface area (Å²) >= 11 is 0. The monoisotopic (exact) mass is 407 g/mol. The van der Waals surface area contributed by atoms with Crippen LogP contribution in [0, 0.1) is 13.8 Å². The molecule has 0 fully saturated rings. The van der Waals surface area contributed by atoms with Gasteiger partial charge in [0.2, 0.25) is 11.8 Å². The van der Waals surface area contributed by atoms with E-state index >= 15 is 0 Å². The molecule has 0 heterocycles. The number of carbonyl (C=O) groups excluding carboxylic acids is 2. The second kappa shape index (κ2) is 9.09. The first-order chi connectivity index (χ1) is 13.5. The van der Waals surface area contributed by atoms with Gasteiger partial charge in [-0.1, -0.05) is 12.1 Å². The number of amides is 2. The van der Waals surface area contributed by atoms with Crippen LogP contribution in [0.15, 0.2) is 42.5 Å². The van der Waals surface area contributed by atoms with Crippen LogP contribution in [-0.4, -0.2) is 36.3 Å². The molecule has 2 aromatic rings. The number of carbonyl (C=O) groups is 2. The fourth-order valence-corrected chi connectivity index (χ4v) is 2.63. The van der Waals surface area contributed by atoms with Gasteiger partial charge in [-0.2, -0.15) is 13.2 Å². The summed E-state index contributed by atoms with van der Waals surface area (Å²) < 4.78 is 37.8. The Morgan fingerprint density at radius 1 is 1.03 bits per heavy atom. The summed E-state index contributed by atoms with van der Waals surface area (Å²) in [6.45, 7) is 5.46. The highest BCUT2D eigenvalue weighted by Gasteiger charge is 2.30. The van der Waals surface area contributed by atoms with Crippen LogP contribution < -0.4 is 10.6 Å². The molecule has 0 bridgehead atoms. The molecule has 0 aliphatic heterocycles. The first-order valence-corrected chi connectivity index (χ1v) is 9.03. The van der Waals surface area contributed by atoms with Gasteiger partial charge in [-0.15, -0.1) is 0 Å². The highest BCUT2D eigenvalue weighted by molar-refractivity contribution is 5.96. The number of halogens is 3. The zero-order chi connectivity index (χ0) is 21.8. The fraction of sp³-hybridized carbons (Fsp3) is 0.333. The van der Waals surface area contributed by atoms with E-state index in [0.717, 1.165) is 23.3 Å². The largest absolute Gasteiger partial charge is 0.416 e. The van der Waals surface area contributed by atoms with Gasteiger partial charge in [-0.05, 0) is 69.3 Å². The lowest BCUT2D eigenvalue weighted by molar-refractivity contribution is -0.137. The van der Waals surface area contributed by atoms with Crippen molar-refractivity contribution in [2.24, 2.45) is 0 Å². The molecule has 0 aliphatic rings. The first kappa shape index (κ1) is 22.4. The van der Waals surface area contributed by atoms with E-state index in [2.05, 4.69) is 10.6 Å². The Morgan fingerprint density at radius 2 is 1.66 bits per heavy atom. The van der Waals surface area contributed by atoms with E-state index in [-0.39, 0.29) is 18.1 Å². The van der Waals surface area contributed by atoms with Gasteiger partial charge >= 0.3 is 6.18 Å². The topological polar surface area (TPSA) is 61.4 Å². The SMILES string of the molecule is Cc1cccc(NC(=O)CN(C)[C@H](C)C(=O)Nc2ccc(C(F)(F)F)cc2)c1C. The maximum absolute atomic E-state index is 12.6. The highest BCUT2D eigenvalue weighted by atomic mass is 19.4. The average molecular weight is 407 g/mol. The predicted octanol–water partition coefficient (Wildman–Crippen LogP) is 4.22. The van der Waals surface area contributed by atoms with Crippen molar-refractivity contribution in [2.45, 2.75) is 33.0 Å². The van der Waals surface area contributed by atoms with E-state index in [1.54, 1.807) is 24.9 Å². The lowest BCUT2D eigenvalue weighted by Crippen LogP contribution is -2.43. The van der Waals surface area contributed by atoms with Crippen molar-refractivity contribution >= 4 is 23.2 Å². The van der Waals surface area contributed by atoms with Gasteiger partial charge in [-0.3, -0.25) is 14.5 Å². The second-order valence-corrected chi connectivity index (χ2v) is 6.95. The van der Waals surface area contributed by atoms with Gasteiger partial charge in [-0.25, -0.2) is 0 Å². The number of hydrogen-bond acceptors (Lipinski definition) is 3. The van der Waals surface area contributed by atoms with Gasteiger partial charge in [0.25, 0.3) is 0 Å². The smallest absolute Gasteiger partial charge is 0.325 e. The number of alkyl halides is 3. The molecule has 2 rings (SSSR count). The van der Waals surface area contributed by atoms with Crippen molar-refractivity contribution in [3.05, 3.63) is 59.2 Å². The Labute approximate surface area is 167 Å². The summed E-state index contributed by atoms with van der Waals surface area (Å²) in [5.74, 6) is -0.692. The number of nitrogens with zero attached hydrogens (tertiary/aromatic N) is 1. The van der Waals surface area contributed by atoms with E-state index in [1.807, 2.05) is 26.0 Å². The van der Waals surface area contributed by atoms with E-state index < -0.39 is 23.7 Å². The number of benzene rings is 2. The van der Waals surface area contributed by atoms with Crippen molar-refractivity contribution < 1.29 is 22.8 Å². The van der Waals surface area contributed by atoms with Gasteiger partial charge in [0.05, 0.1) is 18.2 Å². The van der Waals surface area contributed by atoms with Crippen LogP contribution in [0.1, 0.15) is 23.6 Å². The van der Waals surface area contributed by atoms with E-state index in [9.17, 15) is 22.8 Å². The molecule has 0 aromatic heterocycles. The first-order valence-electron chi connectivity index (χ1n) is 9.03. The molecule has 0 aliphatic carbocycles. The third-order valence-corrected chi connectivity index (χ3v) is 4.79. The summed E-state index contributed by atoms with van der Waals surface area (Å²) in [4.78, 5) is 26.2. The molecule has 0 saturated carbocycles. The summed E-state index contributed by atoms with van der Waals surface area (Å²) in [6, 6.07) is 9.14. The van der Waals surface area contributed by atoms with Crippen LogP contribution in [0.25, 0.3) is 0 Å². The Morgan fingerprint density at radius 3 is 2.24 bits per heavy atom. The van der Waals surface area contributed by atoms with Crippen molar-refractivity contribution in [3.63, 3.8) is 0 Å². The molecular formula is C21H24F3N3O2. The quantitative estimate of drug-likeness (QED) is 0.754. The van der Waals surface area contributed by atoms with Crippen LogP contribution in [0.3, 0.4) is 0 Å². The number of rotatable bonds is 6. The Bertz CT molecular complexity index is 880. The van der Waals surface area contributed by atoms with E-state index in [1.165, 1.54) is 12.1 Å². The summed E-state index contributed by atoms with van der Waals surface area (Å²) in [6.07, 6.45) is -4.43. The van der Waals surface area contributed by atoms with Crippen LogP contribution in [-0.2, 0) is 15.8 Å². The van der Waals surface area contributed by atoms with Crippen LogP contribution in [0.4, 0.5) is 24.5 Å². The third-order valence-electron chi connectivity index (χ3n) is 4.79. The third kappa shape index (κ3) is 6.05. The molecule has 8 heteroatoms. The molecular weight excluding hydrogens is 383 g/mol. The summed E-state index contributed by atoms with van der Waals surface area (Å²) in [7, 11) is 1.62. The molecule has 0 saturated heterocycles. The Balaban J connectivity index is 1.93. The number of aryl methyl sites for hydroxylation is 1. The van der Waals surface area contributed by atoms with E-state index in [4.69, 9.17) is 0 Å². The molecule has 1 atom stereocenters. The van der Waals surface area contributed by atoms with Gasteiger partial charge < -0.3 is 10.6 Å². The predicted molar refractivity (Wildman–Crippen MR) is 107 cm³/mol. The van der Waals surface area contributed by atoms with Crippen LogP contribution in [0.5, 0.6) is 0 Å². The molecule has 2 amide bonds. The fourth-order valence-electron chi connectivity index (χ4n) is 2.63. The number of anilines is 2. The van der Waals surface area contributed by atoms with Gasteiger partial charge in [0.15, 0.2) is 0 Å². The molecule has 29 heavy (non-hydrogen) atoms. The molecule has 2 aromatic carbocycles. The maximum atomic E-state index is 12.6. The number of nitrogens with one attached hydrogen (secondary N) is 2. The minimum atomic E-state index is -4.43.